The first-order valence-corrected chi connectivity index (χ1v) is 11.1. The van der Waals surface area contributed by atoms with E-state index in [1.165, 1.54) is 38.5 Å². The molecule has 1 fully saturated rings. The Morgan fingerprint density at radius 2 is 1.25 bits per heavy atom. The summed E-state index contributed by atoms with van der Waals surface area (Å²) in [7, 11) is 0. The highest BCUT2D eigenvalue weighted by Gasteiger charge is 2.38. The average molecular weight is 460 g/mol. The van der Waals surface area contributed by atoms with E-state index in [2.05, 4.69) is 6.92 Å². The van der Waals surface area contributed by atoms with Crippen molar-refractivity contribution < 1.29 is 30.7 Å². The van der Waals surface area contributed by atoms with E-state index >= 15 is 0 Å². The van der Waals surface area contributed by atoms with Crippen molar-refractivity contribution in [1.29, 1.82) is 0 Å². The average Bonchev–Trinajstić information content (AvgIpc) is 2.67. The number of alkyl halides is 3. The minimum absolute atomic E-state index is 0.307. The second-order valence-corrected chi connectivity index (χ2v) is 8.81. The van der Waals surface area contributed by atoms with Gasteiger partial charge in [-0.15, -0.1) is 0 Å². The fraction of sp³-hybridized carbons (Fsp3) is 0.520. The predicted molar refractivity (Wildman–Crippen MR) is 110 cm³/mol. The molecule has 0 aromatic heterocycles. The van der Waals surface area contributed by atoms with Crippen molar-refractivity contribution in [1.82, 2.24) is 0 Å². The van der Waals surface area contributed by atoms with Gasteiger partial charge in [0.25, 0.3) is 0 Å². The largest absolute Gasteiger partial charge is 0.422 e. The molecule has 0 unspecified atom stereocenters. The third kappa shape index (κ3) is 5.84. The minimum Gasteiger partial charge on any atom is -0.206 e. The van der Waals surface area contributed by atoms with Gasteiger partial charge in [0.1, 0.15) is 28.8 Å². The fourth-order valence-corrected chi connectivity index (χ4v) is 4.85. The highest BCUT2D eigenvalue weighted by atomic mass is 19.4. The van der Waals surface area contributed by atoms with E-state index in [-0.39, 0.29) is 0 Å². The Kier molecular flexibility index (Phi) is 7.88. The van der Waals surface area contributed by atoms with Gasteiger partial charge in [-0.2, -0.15) is 13.2 Å². The van der Waals surface area contributed by atoms with Crippen LogP contribution in [0, 0.1) is 35.1 Å². The van der Waals surface area contributed by atoms with E-state index in [1.54, 1.807) is 0 Å². The maximum absolute atomic E-state index is 14.6. The summed E-state index contributed by atoms with van der Waals surface area (Å²) in [5.41, 5.74) is -3.02. The third-order valence-electron chi connectivity index (χ3n) is 6.46. The van der Waals surface area contributed by atoms with Crippen LogP contribution in [-0.4, -0.2) is 0 Å². The number of aryl methyl sites for hydroxylation is 1. The zero-order valence-electron chi connectivity index (χ0n) is 18.0. The zero-order chi connectivity index (χ0) is 23.5. The van der Waals surface area contributed by atoms with Crippen molar-refractivity contribution in [2.75, 3.05) is 0 Å². The lowest BCUT2D eigenvalue weighted by atomic mass is 9.78. The molecular formula is C25H27F7. The Hall–Kier alpha value is -2.05. The van der Waals surface area contributed by atoms with Gasteiger partial charge in [-0.3, -0.25) is 0 Å². The molecule has 0 radical (unpaired) electrons. The monoisotopic (exact) mass is 460 g/mol. The van der Waals surface area contributed by atoms with E-state index in [0.717, 1.165) is 30.9 Å². The summed E-state index contributed by atoms with van der Waals surface area (Å²) in [4.78, 5) is 0. The van der Waals surface area contributed by atoms with E-state index in [9.17, 15) is 30.7 Å². The first-order valence-electron chi connectivity index (χ1n) is 11.1. The fourth-order valence-electron chi connectivity index (χ4n) is 4.85. The van der Waals surface area contributed by atoms with Crippen LogP contribution in [0.3, 0.4) is 0 Å². The Bertz CT molecular complexity index is 878. The molecule has 1 aliphatic rings. The molecule has 0 amide bonds. The second-order valence-electron chi connectivity index (χ2n) is 8.81. The molecule has 0 heterocycles. The van der Waals surface area contributed by atoms with Crippen LogP contribution >= 0.6 is 0 Å². The molecule has 32 heavy (non-hydrogen) atoms. The van der Waals surface area contributed by atoms with Gasteiger partial charge in [-0.1, -0.05) is 51.9 Å². The molecule has 3 rings (SSSR count). The summed E-state index contributed by atoms with van der Waals surface area (Å²) in [6.45, 7) is 2.19. The smallest absolute Gasteiger partial charge is 0.206 e. The molecule has 1 saturated carbocycles. The zero-order valence-corrected chi connectivity index (χ0v) is 18.0. The molecule has 0 spiro atoms. The SMILES string of the molecule is CCCC1CCC(CCCc2cc(F)c(-c3cc(F)c(C(F)(F)F)c(F)c3)c(F)c2)CC1. The maximum Gasteiger partial charge on any atom is 0.422 e. The summed E-state index contributed by atoms with van der Waals surface area (Å²) < 4.78 is 95.1. The molecule has 1 aliphatic carbocycles. The van der Waals surface area contributed by atoms with Gasteiger partial charge in [0.2, 0.25) is 0 Å². The summed E-state index contributed by atoms with van der Waals surface area (Å²) >= 11 is 0. The number of rotatable bonds is 7. The number of halogens is 7. The molecule has 0 atom stereocenters. The first kappa shape index (κ1) is 24.6. The van der Waals surface area contributed by atoms with Crippen molar-refractivity contribution in [2.45, 2.75) is 70.9 Å². The lowest BCUT2D eigenvalue weighted by Gasteiger charge is -2.28. The van der Waals surface area contributed by atoms with Crippen LogP contribution in [0.15, 0.2) is 24.3 Å². The number of hydrogen-bond acceptors (Lipinski definition) is 0. The molecule has 0 N–H and O–H groups in total. The third-order valence-corrected chi connectivity index (χ3v) is 6.46. The van der Waals surface area contributed by atoms with Crippen LogP contribution in [-0.2, 0) is 12.6 Å². The molecule has 0 saturated heterocycles. The van der Waals surface area contributed by atoms with Crippen LogP contribution in [0.2, 0.25) is 0 Å². The molecule has 0 nitrogen and oxygen atoms in total. The highest BCUT2D eigenvalue weighted by Crippen LogP contribution is 2.38. The van der Waals surface area contributed by atoms with Crippen LogP contribution in [0.4, 0.5) is 30.7 Å². The summed E-state index contributed by atoms with van der Waals surface area (Å²) in [5.74, 6) is -4.51. The minimum atomic E-state index is -5.25. The molecule has 0 bridgehead atoms. The number of benzene rings is 2. The van der Waals surface area contributed by atoms with Gasteiger partial charge in [-0.05, 0) is 60.1 Å². The normalized spacial score (nSPS) is 19.4. The van der Waals surface area contributed by atoms with Crippen molar-refractivity contribution >= 4 is 0 Å². The van der Waals surface area contributed by atoms with Gasteiger partial charge in [0.05, 0.1) is 5.56 Å². The van der Waals surface area contributed by atoms with E-state index < -0.39 is 46.1 Å². The van der Waals surface area contributed by atoms with Crippen LogP contribution in [0.5, 0.6) is 0 Å². The molecule has 7 heteroatoms. The number of hydrogen-bond donors (Lipinski definition) is 0. The van der Waals surface area contributed by atoms with Crippen molar-refractivity contribution in [3.63, 3.8) is 0 Å². The first-order chi connectivity index (χ1) is 15.1. The lowest BCUT2D eigenvalue weighted by Crippen LogP contribution is -2.14. The van der Waals surface area contributed by atoms with Crippen molar-refractivity contribution in [2.24, 2.45) is 11.8 Å². The van der Waals surface area contributed by atoms with Crippen LogP contribution in [0.25, 0.3) is 11.1 Å². The Morgan fingerprint density at radius 3 is 1.72 bits per heavy atom. The van der Waals surface area contributed by atoms with E-state index in [0.29, 0.717) is 30.0 Å². The summed E-state index contributed by atoms with van der Waals surface area (Å²) in [6.07, 6.45) is 4.24. The Labute approximate surface area is 183 Å². The van der Waals surface area contributed by atoms with E-state index in [1.807, 2.05) is 0 Å². The second kappa shape index (κ2) is 10.3. The molecule has 0 aliphatic heterocycles. The Morgan fingerprint density at radius 1 is 0.750 bits per heavy atom. The van der Waals surface area contributed by atoms with Crippen molar-refractivity contribution in [3.8, 4) is 11.1 Å². The van der Waals surface area contributed by atoms with Gasteiger partial charge < -0.3 is 0 Å². The quantitative estimate of drug-likeness (QED) is 0.362. The Balaban J connectivity index is 1.67. The summed E-state index contributed by atoms with van der Waals surface area (Å²) in [6, 6.07) is 2.79. The van der Waals surface area contributed by atoms with E-state index in [4.69, 9.17) is 0 Å². The molecule has 2 aromatic rings. The molecule has 176 valence electrons. The van der Waals surface area contributed by atoms with Gasteiger partial charge >= 0.3 is 6.18 Å². The van der Waals surface area contributed by atoms with Gasteiger partial charge in [0, 0.05) is 0 Å². The predicted octanol–water partition coefficient (Wildman–Crippen LogP) is 8.86. The lowest BCUT2D eigenvalue weighted by molar-refractivity contribution is -0.142. The van der Waals surface area contributed by atoms with Gasteiger partial charge in [-0.25, -0.2) is 17.6 Å². The standard InChI is InChI=1S/C25H27F7/c1-2-4-15-7-9-16(10-8-15)5-3-6-17-11-19(26)23(20(27)12-17)18-13-21(28)24(22(29)14-18)25(30,31)32/h11-16H,2-10H2,1H3. The van der Waals surface area contributed by atoms with Crippen LogP contribution < -0.4 is 0 Å². The topological polar surface area (TPSA) is 0 Å². The molecular weight excluding hydrogens is 433 g/mol. The van der Waals surface area contributed by atoms with Gasteiger partial charge in [0.15, 0.2) is 0 Å². The molecule has 2 aromatic carbocycles. The highest BCUT2D eigenvalue weighted by molar-refractivity contribution is 5.66. The maximum atomic E-state index is 14.6. The summed E-state index contributed by atoms with van der Waals surface area (Å²) in [5, 5.41) is 0. The van der Waals surface area contributed by atoms with Crippen LogP contribution in [0.1, 0.15) is 69.4 Å². The van der Waals surface area contributed by atoms with Crippen molar-refractivity contribution in [3.05, 3.63) is 58.7 Å².